The van der Waals surface area contributed by atoms with Crippen molar-refractivity contribution in [1.29, 1.82) is 0 Å². The summed E-state index contributed by atoms with van der Waals surface area (Å²) in [5.74, 6) is 1.56. The second-order valence-corrected chi connectivity index (χ2v) is 8.10. The molecule has 1 aliphatic heterocycles. The van der Waals surface area contributed by atoms with Gasteiger partial charge in [0.25, 0.3) is 5.91 Å². The molecule has 0 atom stereocenters. The zero-order chi connectivity index (χ0) is 20.8. The third-order valence-corrected chi connectivity index (χ3v) is 5.89. The summed E-state index contributed by atoms with van der Waals surface area (Å²) in [6.45, 7) is 1.84. The van der Waals surface area contributed by atoms with Crippen molar-refractivity contribution in [3.05, 3.63) is 45.5 Å². The van der Waals surface area contributed by atoms with Crippen molar-refractivity contribution in [2.75, 3.05) is 39.2 Å². The van der Waals surface area contributed by atoms with Gasteiger partial charge < -0.3 is 24.4 Å². The van der Waals surface area contributed by atoms with E-state index in [-0.39, 0.29) is 12.5 Å². The molecule has 2 aromatic carbocycles. The van der Waals surface area contributed by atoms with Crippen molar-refractivity contribution >= 4 is 51.4 Å². The van der Waals surface area contributed by atoms with Gasteiger partial charge in [-0.25, -0.2) is 0 Å². The molecule has 1 saturated heterocycles. The minimum Gasteiger partial charge on any atom is -0.497 e. The van der Waals surface area contributed by atoms with Gasteiger partial charge in [0.15, 0.2) is 18.1 Å². The minimum absolute atomic E-state index is 0.131. The number of anilines is 1. The molecular formula is C21H23IN2O4S. The van der Waals surface area contributed by atoms with Gasteiger partial charge in [-0.1, -0.05) is 12.2 Å². The molecule has 1 N–H and O–H groups in total. The zero-order valence-corrected chi connectivity index (χ0v) is 19.3. The van der Waals surface area contributed by atoms with Crippen LogP contribution in [0, 0.1) is 3.57 Å². The topological polar surface area (TPSA) is 60.0 Å². The van der Waals surface area contributed by atoms with Crippen LogP contribution in [0.25, 0.3) is 0 Å². The number of carbonyl (C=O) groups is 1. The first-order chi connectivity index (χ1) is 14.0. The maximum atomic E-state index is 12.3. The lowest BCUT2D eigenvalue weighted by Crippen LogP contribution is -2.26. The second-order valence-electron chi connectivity index (χ2n) is 6.55. The van der Waals surface area contributed by atoms with Crippen LogP contribution in [-0.4, -0.2) is 49.7 Å². The maximum Gasteiger partial charge on any atom is 0.262 e. The number of likely N-dealkylation sites (tertiary alicyclic amines) is 1. The molecule has 1 amide bonds. The summed E-state index contributed by atoms with van der Waals surface area (Å²) in [6, 6.07) is 11.0. The maximum absolute atomic E-state index is 12.3. The molecule has 1 fully saturated rings. The predicted octanol–water partition coefficient (Wildman–Crippen LogP) is 4.10. The molecule has 6 nitrogen and oxygen atoms in total. The molecule has 1 aliphatic rings. The first-order valence-corrected chi connectivity index (χ1v) is 10.7. The van der Waals surface area contributed by atoms with Crippen molar-refractivity contribution in [1.82, 2.24) is 4.90 Å². The monoisotopic (exact) mass is 526 g/mol. The van der Waals surface area contributed by atoms with Crippen molar-refractivity contribution in [3.63, 3.8) is 0 Å². The van der Waals surface area contributed by atoms with Gasteiger partial charge in [-0.2, -0.15) is 0 Å². The van der Waals surface area contributed by atoms with E-state index < -0.39 is 0 Å². The molecule has 0 radical (unpaired) electrons. The van der Waals surface area contributed by atoms with Gasteiger partial charge in [-0.3, -0.25) is 4.79 Å². The highest BCUT2D eigenvalue weighted by atomic mass is 127. The number of ether oxygens (including phenoxy) is 3. The van der Waals surface area contributed by atoms with Crippen LogP contribution in [0.5, 0.6) is 17.2 Å². The van der Waals surface area contributed by atoms with E-state index in [0.717, 1.165) is 33.0 Å². The van der Waals surface area contributed by atoms with Gasteiger partial charge in [-0.15, -0.1) is 0 Å². The Morgan fingerprint density at radius 3 is 2.45 bits per heavy atom. The summed E-state index contributed by atoms with van der Waals surface area (Å²) in [7, 11) is 3.18. The number of nitrogens with zero attached hydrogens (tertiary/aromatic N) is 1. The molecule has 8 heteroatoms. The summed E-state index contributed by atoms with van der Waals surface area (Å²) < 4.78 is 17.2. The van der Waals surface area contributed by atoms with Gasteiger partial charge in [0.2, 0.25) is 0 Å². The van der Waals surface area contributed by atoms with E-state index in [9.17, 15) is 4.79 Å². The van der Waals surface area contributed by atoms with Crippen LogP contribution in [0.2, 0.25) is 0 Å². The highest BCUT2D eigenvalue weighted by molar-refractivity contribution is 14.1. The summed E-state index contributed by atoms with van der Waals surface area (Å²) in [4.78, 5) is 15.3. The lowest BCUT2D eigenvalue weighted by atomic mass is 10.2. The fourth-order valence-corrected chi connectivity index (χ4v) is 4.15. The Hall–Kier alpha value is -2.07. The normalized spacial score (nSPS) is 13.1. The number of halogens is 1. The third-order valence-electron chi connectivity index (χ3n) is 4.59. The van der Waals surface area contributed by atoms with Crippen molar-refractivity contribution < 1.29 is 19.0 Å². The number of benzene rings is 2. The number of hydrogen-bond donors (Lipinski definition) is 1. The molecule has 2 aromatic rings. The zero-order valence-electron chi connectivity index (χ0n) is 16.4. The van der Waals surface area contributed by atoms with E-state index in [1.165, 1.54) is 12.8 Å². The number of methoxy groups -OCH3 is 2. The lowest BCUT2D eigenvalue weighted by molar-refractivity contribution is -0.118. The molecule has 3 rings (SSSR count). The average Bonchev–Trinajstić information content (AvgIpc) is 3.27. The molecule has 0 saturated carbocycles. The fraction of sp³-hybridized carbons (Fsp3) is 0.333. The highest BCUT2D eigenvalue weighted by Crippen LogP contribution is 2.34. The lowest BCUT2D eigenvalue weighted by Gasteiger charge is -2.20. The van der Waals surface area contributed by atoms with Gasteiger partial charge in [-0.05, 0) is 71.8 Å². The van der Waals surface area contributed by atoms with Crippen LogP contribution in [0.3, 0.4) is 0 Å². The Morgan fingerprint density at radius 2 is 1.83 bits per heavy atom. The first kappa shape index (κ1) is 21.6. The van der Waals surface area contributed by atoms with Gasteiger partial charge in [0, 0.05) is 24.3 Å². The first-order valence-electron chi connectivity index (χ1n) is 9.25. The summed E-state index contributed by atoms with van der Waals surface area (Å²) in [5, 5.41) is 2.80. The molecule has 154 valence electrons. The highest BCUT2D eigenvalue weighted by Gasteiger charge is 2.20. The number of carbonyl (C=O) groups excluding carboxylic acids is 1. The number of amides is 1. The van der Waals surface area contributed by atoms with Crippen LogP contribution >= 0.6 is 34.8 Å². The Labute approximate surface area is 189 Å². The van der Waals surface area contributed by atoms with Crippen LogP contribution in [0.1, 0.15) is 18.4 Å². The molecule has 29 heavy (non-hydrogen) atoms. The van der Waals surface area contributed by atoms with Crippen LogP contribution in [0.15, 0.2) is 36.4 Å². The molecule has 0 aromatic heterocycles. The smallest absolute Gasteiger partial charge is 0.262 e. The fourth-order valence-electron chi connectivity index (χ4n) is 3.10. The third kappa shape index (κ3) is 5.51. The van der Waals surface area contributed by atoms with Crippen LogP contribution < -0.4 is 19.5 Å². The Morgan fingerprint density at radius 1 is 1.14 bits per heavy atom. The van der Waals surface area contributed by atoms with Crippen LogP contribution in [-0.2, 0) is 4.79 Å². The molecule has 0 aliphatic carbocycles. The second kappa shape index (κ2) is 10.1. The van der Waals surface area contributed by atoms with E-state index in [2.05, 4.69) is 32.8 Å². The summed E-state index contributed by atoms with van der Waals surface area (Å²) >= 11 is 7.82. The number of nitrogens with one attached hydrogen (secondary N) is 1. The Kier molecular flexibility index (Phi) is 7.54. The van der Waals surface area contributed by atoms with E-state index in [4.69, 9.17) is 26.4 Å². The minimum atomic E-state index is -0.260. The van der Waals surface area contributed by atoms with Crippen LogP contribution in [0.4, 0.5) is 5.69 Å². The molecule has 0 bridgehead atoms. The standard InChI is InChI=1S/C21H23IN2O4S/c1-26-16-7-5-15(6-8-16)23-19(25)13-28-20-17(22)11-14(12-18(20)27-2)21(29)24-9-3-4-10-24/h5-8,11-12H,3-4,9-10,13H2,1-2H3,(H,23,25). The molecule has 0 unspecified atom stereocenters. The number of thiocarbonyl (C=S) groups is 1. The predicted molar refractivity (Wildman–Crippen MR) is 125 cm³/mol. The van der Waals surface area contributed by atoms with Crippen molar-refractivity contribution in [2.24, 2.45) is 0 Å². The van der Waals surface area contributed by atoms with Crippen molar-refractivity contribution in [3.8, 4) is 17.2 Å². The molecule has 1 heterocycles. The number of rotatable bonds is 7. The van der Waals surface area contributed by atoms with E-state index >= 15 is 0 Å². The quantitative estimate of drug-likeness (QED) is 0.433. The SMILES string of the molecule is COc1ccc(NC(=O)COc2c(I)cc(C(=S)N3CCCC3)cc2OC)cc1. The number of hydrogen-bond acceptors (Lipinski definition) is 5. The summed E-state index contributed by atoms with van der Waals surface area (Å²) in [6.07, 6.45) is 2.33. The van der Waals surface area contributed by atoms with Gasteiger partial charge >= 0.3 is 0 Å². The van der Waals surface area contributed by atoms with Gasteiger partial charge in [0.05, 0.1) is 17.8 Å². The average molecular weight is 526 g/mol. The van der Waals surface area contributed by atoms with E-state index in [0.29, 0.717) is 17.2 Å². The Balaban J connectivity index is 1.66. The molecular weight excluding hydrogens is 503 g/mol. The van der Waals surface area contributed by atoms with Gasteiger partial charge in [0.1, 0.15) is 10.7 Å². The van der Waals surface area contributed by atoms with E-state index in [1.54, 1.807) is 38.5 Å². The molecule has 0 spiro atoms. The van der Waals surface area contributed by atoms with E-state index in [1.807, 2.05) is 12.1 Å². The summed E-state index contributed by atoms with van der Waals surface area (Å²) in [5.41, 5.74) is 1.60. The Bertz CT molecular complexity index is 883. The largest absolute Gasteiger partial charge is 0.497 e. The van der Waals surface area contributed by atoms with Crippen molar-refractivity contribution in [2.45, 2.75) is 12.8 Å².